The molecule has 0 aromatic heterocycles. The summed E-state index contributed by atoms with van der Waals surface area (Å²) in [5.41, 5.74) is 3.07. The van der Waals surface area contributed by atoms with Crippen molar-refractivity contribution in [1.82, 2.24) is 0 Å². The van der Waals surface area contributed by atoms with Crippen LogP contribution in [0.4, 0.5) is 0 Å². The summed E-state index contributed by atoms with van der Waals surface area (Å²) >= 11 is -3.90. The zero-order chi connectivity index (χ0) is 23.8. The summed E-state index contributed by atoms with van der Waals surface area (Å²) in [4.78, 5) is 0. The van der Waals surface area contributed by atoms with Gasteiger partial charge in [0, 0.05) is 0 Å². The number of hydrogen-bond donors (Lipinski definition) is 0. The van der Waals surface area contributed by atoms with E-state index in [1.807, 2.05) is 0 Å². The second kappa shape index (κ2) is 11.8. The minimum absolute atomic E-state index is 0.593. The van der Waals surface area contributed by atoms with Crippen LogP contribution in [0, 0.1) is 0 Å². The number of rotatable bonds is 9. The molecule has 4 aromatic rings. The molecule has 0 amide bonds. The fourth-order valence-electron chi connectivity index (χ4n) is 5.70. The fraction of sp³-hybridized carbons (Fsp3) is 0.188. The fourth-order valence-corrected chi connectivity index (χ4v) is 26.7. The van der Waals surface area contributed by atoms with Gasteiger partial charge in [0.2, 0.25) is 0 Å². The third-order valence-electron chi connectivity index (χ3n) is 7.24. The van der Waals surface area contributed by atoms with Gasteiger partial charge in [-0.15, -0.1) is 0 Å². The molecule has 0 unspecified atom stereocenters. The van der Waals surface area contributed by atoms with Crippen LogP contribution in [-0.4, -0.2) is 27.9 Å². The molecule has 0 aliphatic rings. The van der Waals surface area contributed by atoms with E-state index in [4.69, 9.17) is 0 Å². The van der Waals surface area contributed by atoms with Crippen molar-refractivity contribution in [2.75, 3.05) is 0 Å². The van der Waals surface area contributed by atoms with Gasteiger partial charge in [0.05, 0.1) is 0 Å². The normalized spacial score (nSPS) is 12.2. The van der Waals surface area contributed by atoms with Crippen molar-refractivity contribution in [2.24, 2.45) is 0 Å². The second-order valence-corrected chi connectivity index (χ2v) is 23.5. The predicted molar refractivity (Wildman–Crippen MR) is 154 cm³/mol. The van der Waals surface area contributed by atoms with Crippen LogP contribution in [0.1, 0.15) is 32.8 Å². The molecule has 0 spiro atoms. The van der Waals surface area contributed by atoms with E-state index in [9.17, 15) is 0 Å². The summed E-state index contributed by atoms with van der Waals surface area (Å²) in [6.07, 6.45) is 3.45. The summed E-state index contributed by atoms with van der Waals surface area (Å²) in [7, 11) is 0. The summed E-state index contributed by atoms with van der Waals surface area (Å²) in [5, 5.41) is 0. The first-order chi connectivity index (χ1) is 16.8. The van der Waals surface area contributed by atoms with Gasteiger partial charge in [0.15, 0.2) is 0 Å². The Morgan fingerprint density at radius 1 is 0.529 bits per heavy atom. The Kier molecular flexibility index (Phi) is 8.61. The SMILES string of the molecule is CCB(CC)/C(CC)=[C](/c1ccccc1)[Pb]([c]1ccccc1)([c]1ccccc1)[c]1ccccc1. The Balaban J connectivity index is 2.25. The first-order valence-corrected chi connectivity index (χ1v) is 20.5. The van der Waals surface area contributed by atoms with E-state index < -0.39 is 21.2 Å². The molecule has 0 atom stereocenters. The van der Waals surface area contributed by atoms with Crippen LogP contribution in [0.25, 0.3) is 3.13 Å². The van der Waals surface area contributed by atoms with E-state index in [1.165, 1.54) is 27.6 Å². The summed E-state index contributed by atoms with van der Waals surface area (Å²) < 4.78 is 6.25. The van der Waals surface area contributed by atoms with Gasteiger partial charge in [-0.25, -0.2) is 0 Å². The molecule has 0 bridgehead atoms. The molecule has 0 saturated carbocycles. The van der Waals surface area contributed by atoms with Crippen molar-refractivity contribution in [3.05, 3.63) is 132 Å². The number of benzene rings is 4. The molecule has 34 heavy (non-hydrogen) atoms. The van der Waals surface area contributed by atoms with E-state index in [2.05, 4.69) is 142 Å². The molecule has 0 radical (unpaired) electrons. The van der Waals surface area contributed by atoms with E-state index in [0.29, 0.717) is 6.71 Å². The average Bonchev–Trinajstić information content (AvgIpc) is 2.93. The Hall–Kier alpha value is -2.39. The van der Waals surface area contributed by atoms with E-state index in [-0.39, 0.29) is 0 Å². The molecule has 0 heterocycles. The van der Waals surface area contributed by atoms with Gasteiger partial charge in [0.1, 0.15) is 0 Å². The van der Waals surface area contributed by atoms with Crippen molar-refractivity contribution in [3.63, 3.8) is 0 Å². The van der Waals surface area contributed by atoms with Gasteiger partial charge in [-0.05, 0) is 0 Å². The van der Waals surface area contributed by atoms with E-state index in [1.54, 1.807) is 8.60 Å². The van der Waals surface area contributed by atoms with Crippen molar-refractivity contribution in [3.8, 4) is 0 Å². The first kappa shape index (κ1) is 24.7. The maximum atomic E-state index is 2.41. The zero-order valence-corrected chi connectivity index (χ0v) is 24.6. The quantitative estimate of drug-likeness (QED) is 0.181. The van der Waals surface area contributed by atoms with E-state index in [0.717, 1.165) is 6.42 Å². The van der Waals surface area contributed by atoms with Crippen molar-refractivity contribution < 1.29 is 0 Å². The second-order valence-electron chi connectivity index (χ2n) is 8.98. The maximum absolute atomic E-state index is 3.90. The van der Waals surface area contributed by atoms with Crippen LogP contribution < -0.4 is 9.37 Å². The molecule has 0 saturated heterocycles. The Bertz CT molecular complexity index is 1080. The molecule has 0 aliphatic heterocycles. The monoisotopic (exact) mass is 638 g/mol. The Morgan fingerprint density at radius 3 is 1.21 bits per heavy atom. The predicted octanol–water partition coefficient (Wildman–Crippen LogP) is 6.63. The van der Waals surface area contributed by atoms with Gasteiger partial charge in [-0.3, -0.25) is 0 Å². The van der Waals surface area contributed by atoms with Gasteiger partial charge in [-0.2, -0.15) is 0 Å². The van der Waals surface area contributed by atoms with E-state index >= 15 is 0 Å². The zero-order valence-electron chi connectivity index (χ0n) is 20.7. The van der Waals surface area contributed by atoms with Gasteiger partial charge in [-0.1, -0.05) is 0 Å². The molecule has 4 rings (SSSR count). The van der Waals surface area contributed by atoms with Crippen LogP contribution in [0.5, 0.6) is 0 Å². The molecule has 0 nitrogen and oxygen atoms in total. The van der Waals surface area contributed by atoms with Gasteiger partial charge in [0.25, 0.3) is 0 Å². The van der Waals surface area contributed by atoms with Crippen LogP contribution in [0.15, 0.2) is 127 Å². The standard InChI is InChI=1S/C14H20B.3C6H5.Pb/c1-4-14(15(5-2)6-3)12-13-10-8-7-9-11-13;3*1-2-4-6-5-3-1;/h7-11H,4-6H2,1-3H3;3*1-5H;. The number of allylic oxidation sites excluding steroid dienone is 1. The van der Waals surface area contributed by atoms with Gasteiger partial charge < -0.3 is 0 Å². The van der Waals surface area contributed by atoms with Gasteiger partial charge >= 0.3 is 213 Å². The molecule has 0 fully saturated rings. The summed E-state index contributed by atoms with van der Waals surface area (Å²) in [5.74, 6) is 0. The van der Waals surface area contributed by atoms with Crippen molar-refractivity contribution in [1.29, 1.82) is 0 Å². The molecule has 170 valence electrons. The van der Waals surface area contributed by atoms with Crippen molar-refractivity contribution >= 4 is 40.4 Å². The first-order valence-electron chi connectivity index (χ1n) is 12.7. The molecule has 0 aliphatic carbocycles. The minimum atomic E-state index is -3.90. The Morgan fingerprint density at radius 2 is 0.882 bits per heavy atom. The third kappa shape index (κ3) is 4.73. The molecule has 0 N–H and O–H groups in total. The molecule has 2 heteroatoms. The summed E-state index contributed by atoms with van der Waals surface area (Å²) in [6.45, 7) is 7.68. The van der Waals surface area contributed by atoms with Crippen LogP contribution >= 0.6 is 0 Å². The van der Waals surface area contributed by atoms with Crippen LogP contribution in [0.3, 0.4) is 0 Å². The van der Waals surface area contributed by atoms with Crippen LogP contribution in [-0.2, 0) is 0 Å². The molecule has 4 aromatic carbocycles. The molecular weight excluding hydrogens is 602 g/mol. The van der Waals surface area contributed by atoms with Crippen molar-refractivity contribution in [2.45, 2.75) is 39.8 Å². The van der Waals surface area contributed by atoms with Crippen LogP contribution in [0.2, 0.25) is 12.6 Å². The Labute approximate surface area is 211 Å². The molecular formula is C32H35BPb. The number of hydrogen-bond acceptors (Lipinski definition) is 0. The average molecular weight is 638 g/mol. The summed E-state index contributed by atoms with van der Waals surface area (Å²) in [6, 6.07) is 45.6. The topological polar surface area (TPSA) is 0 Å². The third-order valence-corrected chi connectivity index (χ3v) is 26.5.